The van der Waals surface area contributed by atoms with Gasteiger partial charge in [-0.2, -0.15) is 0 Å². The van der Waals surface area contributed by atoms with E-state index >= 15 is 0 Å². The smallest absolute Gasteiger partial charge is 0.413 e. The number of rotatable bonds is 2. The van der Waals surface area contributed by atoms with E-state index in [1.54, 1.807) is 4.90 Å². The molecule has 0 bridgehead atoms. The summed E-state index contributed by atoms with van der Waals surface area (Å²) in [6, 6.07) is 0. The van der Waals surface area contributed by atoms with Crippen LogP contribution < -0.4 is 10.6 Å². The second-order valence-electron chi connectivity index (χ2n) is 4.19. The largest absolute Gasteiger partial charge is 0.449 e. The minimum Gasteiger partial charge on any atom is -0.449 e. The molecule has 1 rings (SSSR count). The highest BCUT2D eigenvalue weighted by molar-refractivity contribution is 7.80. The van der Waals surface area contributed by atoms with Crippen molar-refractivity contribution in [1.29, 1.82) is 0 Å². The van der Waals surface area contributed by atoms with E-state index in [9.17, 15) is 9.59 Å². The molecule has 6 nitrogen and oxygen atoms in total. The Kier molecular flexibility index (Phi) is 5.14. The van der Waals surface area contributed by atoms with E-state index in [0.717, 1.165) is 0 Å². The van der Waals surface area contributed by atoms with Crippen molar-refractivity contribution in [1.82, 2.24) is 15.5 Å². The number of amides is 2. The van der Waals surface area contributed by atoms with Crippen LogP contribution in [0.5, 0.6) is 0 Å². The molecule has 7 heteroatoms. The van der Waals surface area contributed by atoms with Crippen LogP contribution in [0.2, 0.25) is 0 Å². The lowest BCUT2D eigenvalue weighted by Crippen LogP contribution is -2.53. The highest BCUT2D eigenvalue weighted by atomic mass is 32.1. The molecule has 1 aliphatic heterocycles. The lowest BCUT2D eigenvalue weighted by atomic mass is 10.2. The van der Waals surface area contributed by atoms with Gasteiger partial charge in [-0.3, -0.25) is 10.1 Å². The maximum absolute atomic E-state index is 11.3. The van der Waals surface area contributed by atoms with Crippen LogP contribution >= 0.6 is 12.2 Å². The van der Waals surface area contributed by atoms with Crippen molar-refractivity contribution in [3.8, 4) is 0 Å². The van der Waals surface area contributed by atoms with Gasteiger partial charge in [-0.05, 0) is 18.1 Å². The number of nitrogens with zero attached hydrogens (tertiary/aromatic N) is 1. The molecule has 1 fully saturated rings. The Hall–Kier alpha value is -1.37. The number of ether oxygens (including phenoxy) is 1. The summed E-state index contributed by atoms with van der Waals surface area (Å²) in [5, 5.41) is 5.35. The molecule has 2 amide bonds. The molecule has 0 saturated carbocycles. The summed E-state index contributed by atoms with van der Waals surface area (Å²) in [5.41, 5.74) is 0. The molecule has 0 radical (unpaired) electrons. The summed E-state index contributed by atoms with van der Waals surface area (Å²) in [5.74, 6) is 0.172. The van der Waals surface area contributed by atoms with E-state index in [4.69, 9.17) is 17.0 Å². The first-order valence-electron chi connectivity index (χ1n) is 5.48. The fourth-order valence-corrected chi connectivity index (χ4v) is 1.50. The van der Waals surface area contributed by atoms with Gasteiger partial charge in [-0.15, -0.1) is 0 Å². The van der Waals surface area contributed by atoms with Crippen LogP contribution in [0.1, 0.15) is 13.8 Å². The Labute approximate surface area is 106 Å². The van der Waals surface area contributed by atoms with Gasteiger partial charge in [-0.1, -0.05) is 13.8 Å². The Morgan fingerprint density at radius 2 is 2.35 bits per heavy atom. The first kappa shape index (κ1) is 13.7. The van der Waals surface area contributed by atoms with Gasteiger partial charge in [0.2, 0.25) is 5.91 Å². The summed E-state index contributed by atoms with van der Waals surface area (Å²) in [4.78, 5) is 24.1. The lowest BCUT2D eigenvalue weighted by molar-refractivity contribution is -0.122. The summed E-state index contributed by atoms with van der Waals surface area (Å²) in [6.45, 7) is 5.52. The Morgan fingerprint density at radius 1 is 1.65 bits per heavy atom. The normalized spacial score (nSPS) is 15.5. The number of nitrogens with one attached hydrogen (secondary N) is 2. The molecule has 0 aliphatic carbocycles. The van der Waals surface area contributed by atoms with Crippen LogP contribution in [0.3, 0.4) is 0 Å². The zero-order valence-electron chi connectivity index (χ0n) is 9.99. The number of thiocarbonyl (C=S) groups is 1. The van der Waals surface area contributed by atoms with Gasteiger partial charge in [0.05, 0.1) is 13.2 Å². The van der Waals surface area contributed by atoms with Crippen molar-refractivity contribution < 1.29 is 14.3 Å². The van der Waals surface area contributed by atoms with Gasteiger partial charge < -0.3 is 15.0 Å². The molecule has 1 aliphatic rings. The van der Waals surface area contributed by atoms with Crippen molar-refractivity contribution in [3.05, 3.63) is 0 Å². The van der Waals surface area contributed by atoms with Crippen LogP contribution in [0.25, 0.3) is 0 Å². The fourth-order valence-electron chi connectivity index (χ4n) is 1.26. The molecular weight excluding hydrogens is 242 g/mol. The number of hydrogen-bond acceptors (Lipinski definition) is 4. The second-order valence-corrected chi connectivity index (χ2v) is 4.58. The van der Waals surface area contributed by atoms with Gasteiger partial charge in [0.25, 0.3) is 0 Å². The molecule has 17 heavy (non-hydrogen) atoms. The first-order valence-corrected chi connectivity index (χ1v) is 5.89. The molecule has 1 saturated heterocycles. The molecule has 0 unspecified atom stereocenters. The number of hydrogen-bond donors (Lipinski definition) is 2. The SMILES string of the molecule is CC(C)COC(=O)NC(=S)N1CCNC(=O)C1. The van der Waals surface area contributed by atoms with Crippen LogP contribution in [-0.4, -0.2) is 48.3 Å². The molecular formula is C10H17N3O3S. The van der Waals surface area contributed by atoms with Crippen LogP contribution in [0, 0.1) is 5.92 Å². The van der Waals surface area contributed by atoms with E-state index < -0.39 is 6.09 Å². The third-order valence-corrected chi connectivity index (χ3v) is 2.44. The van der Waals surface area contributed by atoms with Crippen molar-refractivity contribution >= 4 is 29.3 Å². The molecule has 0 aromatic rings. The number of carbonyl (C=O) groups excluding carboxylic acids is 2. The molecule has 0 atom stereocenters. The van der Waals surface area contributed by atoms with Crippen LogP contribution in [0.4, 0.5) is 4.79 Å². The van der Waals surface area contributed by atoms with Crippen molar-refractivity contribution in [2.24, 2.45) is 5.92 Å². The quantitative estimate of drug-likeness (QED) is 0.688. The molecule has 0 spiro atoms. The molecule has 0 aromatic heterocycles. The third kappa shape index (κ3) is 4.99. The van der Waals surface area contributed by atoms with Gasteiger partial charge in [0.15, 0.2) is 5.11 Å². The molecule has 2 N–H and O–H groups in total. The van der Waals surface area contributed by atoms with E-state index in [2.05, 4.69) is 10.6 Å². The van der Waals surface area contributed by atoms with Crippen LogP contribution in [-0.2, 0) is 9.53 Å². The van der Waals surface area contributed by atoms with Crippen molar-refractivity contribution in [3.63, 3.8) is 0 Å². The number of alkyl carbamates (subject to hydrolysis) is 1. The maximum Gasteiger partial charge on any atom is 0.413 e. The van der Waals surface area contributed by atoms with E-state index in [-0.39, 0.29) is 23.5 Å². The van der Waals surface area contributed by atoms with Crippen molar-refractivity contribution in [2.75, 3.05) is 26.2 Å². The van der Waals surface area contributed by atoms with Gasteiger partial charge in [0, 0.05) is 13.1 Å². The Bertz CT molecular complexity index is 320. The van der Waals surface area contributed by atoms with E-state index in [1.807, 2.05) is 13.8 Å². The predicted octanol–water partition coefficient (Wildman–Crippen LogP) is 0.0853. The highest BCUT2D eigenvalue weighted by Crippen LogP contribution is 1.96. The zero-order chi connectivity index (χ0) is 12.8. The topological polar surface area (TPSA) is 70.7 Å². The number of piperazine rings is 1. The maximum atomic E-state index is 11.3. The van der Waals surface area contributed by atoms with E-state index in [1.165, 1.54) is 0 Å². The predicted molar refractivity (Wildman–Crippen MR) is 66.5 cm³/mol. The lowest BCUT2D eigenvalue weighted by Gasteiger charge is -2.28. The third-order valence-electron chi connectivity index (χ3n) is 2.08. The number of carbonyl (C=O) groups is 2. The van der Waals surface area contributed by atoms with Crippen LogP contribution in [0.15, 0.2) is 0 Å². The molecule has 1 heterocycles. The van der Waals surface area contributed by atoms with Crippen molar-refractivity contribution in [2.45, 2.75) is 13.8 Å². The average molecular weight is 259 g/mol. The zero-order valence-corrected chi connectivity index (χ0v) is 10.8. The average Bonchev–Trinajstić information content (AvgIpc) is 2.26. The highest BCUT2D eigenvalue weighted by Gasteiger charge is 2.20. The van der Waals surface area contributed by atoms with E-state index in [0.29, 0.717) is 19.7 Å². The summed E-state index contributed by atoms with van der Waals surface area (Å²) in [6.07, 6.45) is -0.574. The van der Waals surface area contributed by atoms with Gasteiger partial charge >= 0.3 is 6.09 Å². The van der Waals surface area contributed by atoms with Gasteiger partial charge in [-0.25, -0.2) is 4.79 Å². The standard InChI is InChI=1S/C10H17N3O3S/c1-7(2)6-16-10(15)12-9(17)13-4-3-11-8(14)5-13/h7H,3-6H2,1-2H3,(H,11,14)(H,12,15,17). The molecule has 96 valence electrons. The minimum atomic E-state index is -0.574. The Morgan fingerprint density at radius 3 is 2.94 bits per heavy atom. The molecule has 0 aromatic carbocycles. The summed E-state index contributed by atoms with van der Waals surface area (Å²) in [7, 11) is 0. The summed E-state index contributed by atoms with van der Waals surface area (Å²) < 4.78 is 4.93. The van der Waals surface area contributed by atoms with Gasteiger partial charge in [0.1, 0.15) is 0 Å². The summed E-state index contributed by atoms with van der Waals surface area (Å²) >= 11 is 5.02. The second kappa shape index (κ2) is 6.39. The minimum absolute atomic E-state index is 0.101. The fraction of sp³-hybridized carbons (Fsp3) is 0.700. The monoisotopic (exact) mass is 259 g/mol. The first-order chi connectivity index (χ1) is 7.99. The Balaban J connectivity index is 2.32.